The maximum Gasteiger partial charge on any atom is 0.203 e. The maximum absolute atomic E-state index is 9.32. The smallest absolute Gasteiger partial charge is 0.203 e. The molecule has 0 amide bonds. The van der Waals surface area contributed by atoms with Gasteiger partial charge in [0, 0.05) is 0 Å². The van der Waals surface area contributed by atoms with Gasteiger partial charge in [0.25, 0.3) is 0 Å². The van der Waals surface area contributed by atoms with Gasteiger partial charge >= 0.3 is 0 Å². The van der Waals surface area contributed by atoms with Crippen LogP contribution in [0, 0.1) is 6.92 Å². The summed E-state index contributed by atoms with van der Waals surface area (Å²) in [6.45, 7) is 4.08. The lowest BCUT2D eigenvalue weighted by molar-refractivity contribution is 0.117. The van der Waals surface area contributed by atoms with E-state index in [0.29, 0.717) is 18.1 Å². The van der Waals surface area contributed by atoms with Gasteiger partial charge in [0.2, 0.25) is 5.75 Å². The normalized spacial score (nSPS) is 20.6. The van der Waals surface area contributed by atoms with Crippen molar-refractivity contribution < 1.29 is 14.6 Å². The van der Waals surface area contributed by atoms with E-state index in [1.165, 1.54) is 0 Å². The SMILES string of the molecule is [CH2]C1COc2c(O)cccc2O1. The Morgan fingerprint density at radius 1 is 1.50 bits per heavy atom. The zero-order valence-corrected chi connectivity index (χ0v) is 6.49. The third kappa shape index (κ3) is 1.07. The van der Waals surface area contributed by atoms with Crippen LogP contribution in [0.1, 0.15) is 0 Å². The zero-order valence-electron chi connectivity index (χ0n) is 6.49. The minimum atomic E-state index is -0.195. The van der Waals surface area contributed by atoms with Gasteiger partial charge in [-0.1, -0.05) is 6.07 Å². The molecule has 63 valence electrons. The molecule has 1 aromatic rings. The fourth-order valence-electron chi connectivity index (χ4n) is 1.13. The lowest BCUT2D eigenvalue weighted by Gasteiger charge is -2.23. The molecule has 1 unspecified atom stereocenters. The number of benzene rings is 1. The van der Waals surface area contributed by atoms with E-state index in [4.69, 9.17) is 9.47 Å². The van der Waals surface area contributed by atoms with Crippen molar-refractivity contribution in [3.05, 3.63) is 25.1 Å². The number of phenolic OH excluding ortho intramolecular Hbond substituents is 1. The van der Waals surface area contributed by atoms with Crippen molar-refractivity contribution in [3.63, 3.8) is 0 Å². The van der Waals surface area contributed by atoms with Crippen LogP contribution in [-0.2, 0) is 0 Å². The standard InChI is InChI=1S/C9H9O3/c1-6-5-11-9-7(10)3-2-4-8(9)12-6/h2-4,6,10H,1,5H2. The molecule has 3 nitrogen and oxygen atoms in total. The predicted octanol–water partition coefficient (Wildman–Crippen LogP) is 1.37. The highest BCUT2D eigenvalue weighted by molar-refractivity contribution is 5.51. The van der Waals surface area contributed by atoms with E-state index >= 15 is 0 Å². The van der Waals surface area contributed by atoms with Crippen LogP contribution in [0.3, 0.4) is 0 Å². The third-order valence-electron chi connectivity index (χ3n) is 1.67. The summed E-state index contributed by atoms with van der Waals surface area (Å²) in [6.07, 6.45) is -0.195. The van der Waals surface area contributed by atoms with E-state index < -0.39 is 0 Å². The predicted molar refractivity (Wildman–Crippen MR) is 43.4 cm³/mol. The maximum atomic E-state index is 9.32. The molecule has 0 bridgehead atoms. The van der Waals surface area contributed by atoms with Crippen molar-refractivity contribution in [1.82, 2.24) is 0 Å². The first-order chi connectivity index (χ1) is 5.77. The number of para-hydroxylation sites is 1. The lowest BCUT2D eigenvalue weighted by Crippen LogP contribution is -2.25. The molecule has 0 aromatic heterocycles. The van der Waals surface area contributed by atoms with E-state index in [9.17, 15) is 5.11 Å². The van der Waals surface area contributed by atoms with E-state index in [0.717, 1.165) is 0 Å². The molecule has 1 radical (unpaired) electrons. The van der Waals surface area contributed by atoms with Crippen molar-refractivity contribution in [2.24, 2.45) is 0 Å². The lowest BCUT2D eigenvalue weighted by atomic mass is 10.2. The second kappa shape index (κ2) is 2.59. The Bertz CT molecular complexity index is 296. The van der Waals surface area contributed by atoms with Gasteiger partial charge in [0.1, 0.15) is 12.7 Å². The summed E-state index contributed by atoms with van der Waals surface area (Å²) in [5.41, 5.74) is 0. The first-order valence-electron chi connectivity index (χ1n) is 3.72. The van der Waals surface area contributed by atoms with E-state index in [1.54, 1.807) is 18.2 Å². The third-order valence-corrected chi connectivity index (χ3v) is 1.67. The van der Waals surface area contributed by atoms with Gasteiger partial charge in [-0.2, -0.15) is 0 Å². The molecule has 2 rings (SSSR count). The van der Waals surface area contributed by atoms with Crippen molar-refractivity contribution in [1.29, 1.82) is 0 Å². The molecular weight excluding hydrogens is 156 g/mol. The summed E-state index contributed by atoms with van der Waals surface area (Å²) in [6, 6.07) is 5.01. The molecule has 1 aliphatic rings. The summed E-state index contributed by atoms with van der Waals surface area (Å²) in [5.74, 6) is 1.08. The monoisotopic (exact) mass is 165 g/mol. The van der Waals surface area contributed by atoms with E-state index in [1.807, 2.05) is 0 Å². The molecule has 12 heavy (non-hydrogen) atoms. The highest BCUT2D eigenvalue weighted by Crippen LogP contribution is 2.38. The van der Waals surface area contributed by atoms with Crippen LogP contribution in [0.25, 0.3) is 0 Å². The Morgan fingerprint density at radius 2 is 2.33 bits per heavy atom. The van der Waals surface area contributed by atoms with Crippen molar-refractivity contribution >= 4 is 0 Å². The molecule has 1 aromatic carbocycles. The van der Waals surface area contributed by atoms with E-state index in [-0.39, 0.29) is 11.9 Å². The van der Waals surface area contributed by atoms with Crippen molar-refractivity contribution in [2.75, 3.05) is 6.61 Å². The quantitative estimate of drug-likeness (QED) is 0.631. The number of phenols is 1. The molecule has 0 saturated heterocycles. The molecule has 0 spiro atoms. The summed E-state index contributed by atoms with van der Waals surface area (Å²) >= 11 is 0. The van der Waals surface area contributed by atoms with Gasteiger partial charge in [-0.25, -0.2) is 0 Å². The van der Waals surface area contributed by atoms with Gasteiger partial charge < -0.3 is 14.6 Å². The molecule has 1 N–H and O–H groups in total. The second-order valence-electron chi connectivity index (χ2n) is 2.66. The Morgan fingerprint density at radius 3 is 3.17 bits per heavy atom. The summed E-state index contributed by atoms with van der Waals surface area (Å²) < 4.78 is 10.5. The summed E-state index contributed by atoms with van der Waals surface area (Å²) in [7, 11) is 0. The molecule has 3 heteroatoms. The molecule has 1 aliphatic heterocycles. The van der Waals surface area contributed by atoms with Crippen LogP contribution in [0.5, 0.6) is 17.2 Å². The molecular formula is C9H9O3. The average Bonchev–Trinajstić information content (AvgIpc) is 2.04. The Labute approximate surface area is 70.5 Å². The van der Waals surface area contributed by atoms with Gasteiger partial charge in [0.05, 0.1) is 0 Å². The van der Waals surface area contributed by atoms with Crippen molar-refractivity contribution in [2.45, 2.75) is 6.10 Å². The minimum absolute atomic E-state index is 0.111. The van der Waals surface area contributed by atoms with Crippen LogP contribution < -0.4 is 9.47 Å². The van der Waals surface area contributed by atoms with Gasteiger partial charge in [-0.05, 0) is 19.1 Å². The van der Waals surface area contributed by atoms with Crippen LogP contribution in [0.4, 0.5) is 0 Å². The topological polar surface area (TPSA) is 38.7 Å². The number of aromatic hydroxyl groups is 1. The molecule has 0 saturated carbocycles. The molecule has 0 aliphatic carbocycles. The van der Waals surface area contributed by atoms with Gasteiger partial charge in [-0.3, -0.25) is 0 Å². The summed E-state index contributed by atoms with van der Waals surface area (Å²) in [5, 5.41) is 9.32. The number of fused-ring (bicyclic) bond motifs is 1. The highest BCUT2D eigenvalue weighted by atomic mass is 16.6. The fraction of sp³-hybridized carbons (Fsp3) is 0.222. The zero-order chi connectivity index (χ0) is 8.55. The largest absolute Gasteiger partial charge is 0.504 e. The number of rotatable bonds is 0. The first-order valence-corrected chi connectivity index (χ1v) is 3.72. The molecule has 1 heterocycles. The molecule has 0 fully saturated rings. The molecule has 1 atom stereocenters. The van der Waals surface area contributed by atoms with Crippen LogP contribution >= 0.6 is 0 Å². The fourth-order valence-corrected chi connectivity index (χ4v) is 1.13. The van der Waals surface area contributed by atoms with Crippen LogP contribution in [-0.4, -0.2) is 17.8 Å². The van der Waals surface area contributed by atoms with E-state index in [2.05, 4.69) is 6.92 Å². The van der Waals surface area contributed by atoms with Crippen LogP contribution in [0.2, 0.25) is 0 Å². The summed E-state index contributed by atoms with van der Waals surface area (Å²) in [4.78, 5) is 0. The van der Waals surface area contributed by atoms with Crippen LogP contribution in [0.15, 0.2) is 18.2 Å². The Hall–Kier alpha value is -1.38. The number of hydrogen-bond acceptors (Lipinski definition) is 3. The highest BCUT2D eigenvalue weighted by Gasteiger charge is 2.19. The Balaban J connectivity index is 2.42. The van der Waals surface area contributed by atoms with Gasteiger partial charge in [-0.15, -0.1) is 0 Å². The average molecular weight is 165 g/mol. The number of hydrogen-bond donors (Lipinski definition) is 1. The Kier molecular flexibility index (Phi) is 1.57. The number of ether oxygens (including phenoxy) is 2. The van der Waals surface area contributed by atoms with Crippen molar-refractivity contribution in [3.8, 4) is 17.2 Å². The van der Waals surface area contributed by atoms with Gasteiger partial charge in [0.15, 0.2) is 11.5 Å². The minimum Gasteiger partial charge on any atom is -0.504 e. The first kappa shape index (κ1) is 7.28. The second-order valence-corrected chi connectivity index (χ2v) is 2.66.